The summed E-state index contributed by atoms with van der Waals surface area (Å²) in [6.07, 6.45) is 3.27. The van der Waals surface area contributed by atoms with Crippen LogP contribution in [0.25, 0.3) is 0 Å². The number of benzene rings is 1. The van der Waals surface area contributed by atoms with Crippen LogP contribution in [0.3, 0.4) is 0 Å². The van der Waals surface area contributed by atoms with E-state index < -0.39 is 36.0 Å². The van der Waals surface area contributed by atoms with Crippen LogP contribution in [0.4, 0.5) is 4.79 Å². The Morgan fingerprint density at radius 1 is 1.11 bits per heavy atom. The Kier molecular flexibility index (Phi) is 9.91. The Hall–Kier alpha value is -3.21. The molecule has 2 fully saturated rings. The first-order valence-corrected chi connectivity index (χ1v) is 13.2. The average molecular weight is 529 g/mol. The highest BCUT2D eigenvalue weighted by Gasteiger charge is 2.46. The van der Waals surface area contributed by atoms with Gasteiger partial charge >= 0.3 is 12.0 Å². The van der Waals surface area contributed by atoms with E-state index in [9.17, 15) is 14.4 Å². The molecule has 2 N–H and O–H groups in total. The average Bonchev–Trinajstić information content (AvgIpc) is 3.40. The summed E-state index contributed by atoms with van der Waals surface area (Å²) in [7, 11) is 0. The van der Waals surface area contributed by atoms with Crippen LogP contribution in [0.2, 0.25) is 0 Å². The highest BCUT2D eigenvalue weighted by Crippen LogP contribution is 2.38. The fourth-order valence-corrected chi connectivity index (χ4v) is 4.81. The highest BCUT2D eigenvalue weighted by molar-refractivity contribution is 5.83. The zero-order chi connectivity index (χ0) is 26.8. The van der Waals surface area contributed by atoms with E-state index in [1.54, 1.807) is 19.1 Å². The van der Waals surface area contributed by atoms with E-state index in [0.29, 0.717) is 31.8 Å². The van der Waals surface area contributed by atoms with Gasteiger partial charge in [-0.3, -0.25) is 4.79 Å². The number of ether oxygens (including phenoxy) is 4. The lowest BCUT2D eigenvalue weighted by Gasteiger charge is -2.45. The molecule has 4 atom stereocenters. The van der Waals surface area contributed by atoms with Gasteiger partial charge in [-0.2, -0.15) is 0 Å². The summed E-state index contributed by atoms with van der Waals surface area (Å²) in [6, 6.07) is 11.9. The SMILES string of the molecule is CCNC(=O)N[C@@H](Cc1ccco1)C(=O)OC[C@H]1CCC[C@]2(CC(=O)C[C@@H](COCc3ccccc3)O2)O1. The third-order valence-electron chi connectivity index (χ3n) is 6.51. The molecule has 2 amide bonds. The van der Waals surface area contributed by atoms with Gasteiger partial charge in [-0.05, 0) is 37.5 Å². The minimum absolute atomic E-state index is 0.0148. The third kappa shape index (κ3) is 8.14. The van der Waals surface area contributed by atoms with E-state index in [-0.39, 0.29) is 38.3 Å². The van der Waals surface area contributed by atoms with Gasteiger partial charge in [-0.15, -0.1) is 0 Å². The number of furan rings is 1. The molecule has 0 aliphatic carbocycles. The molecule has 206 valence electrons. The predicted octanol–water partition coefficient (Wildman–Crippen LogP) is 3.28. The topological polar surface area (TPSA) is 125 Å². The molecule has 0 bridgehead atoms. The summed E-state index contributed by atoms with van der Waals surface area (Å²) >= 11 is 0. The quantitative estimate of drug-likeness (QED) is 0.426. The molecule has 10 nitrogen and oxygen atoms in total. The van der Waals surface area contributed by atoms with E-state index in [1.165, 1.54) is 6.26 Å². The number of hydrogen-bond donors (Lipinski definition) is 2. The second kappa shape index (κ2) is 13.5. The Morgan fingerprint density at radius 2 is 1.92 bits per heavy atom. The molecule has 0 radical (unpaired) electrons. The van der Waals surface area contributed by atoms with Crippen LogP contribution in [-0.4, -0.2) is 61.6 Å². The molecule has 2 aromatic rings. The van der Waals surface area contributed by atoms with Crippen molar-refractivity contribution in [3.05, 3.63) is 60.1 Å². The van der Waals surface area contributed by atoms with E-state index in [0.717, 1.165) is 12.0 Å². The molecule has 2 aliphatic heterocycles. The second-order valence-corrected chi connectivity index (χ2v) is 9.67. The molecule has 1 aromatic carbocycles. The van der Waals surface area contributed by atoms with Crippen molar-refractivity contribution in [3.8, 4) is 0 Å². The van der Waals surface area contributed by atoms with Crippen LogP contribution in [0.1, 0.15) is 50.4 Å². The zero-order valence-corrected chi connectivity index (χ0v) is 21.7. The first kappa shape index (κ1) is 27.8. The Balaban J connectivity index is 1.29. The van der Waals surface area contributed by atoms with Gasteiger partial charge in [-0.25, -0.2) is 9.59 Å². The lowest BCUT2D eigenvalue weighted by atomic mass is 9.92. The van der Waals surface area contributed by atoms with Gasteiger partial charge in [0.25, 0.3) is 0 Å². The largest absolute Gasteiger partial charge is 0.469 e. The minimum Gasteiger partial charge on any atom is -0.469 e. The normalized spacial score (nSPS) is 24.1. The fraction of sp³-hybridized carbons (Fsp3) is 0.536. The number of esters is 1. The monoisotopic (exact) mass is 528 g/mol. The number of rotatable bonds is 11. The molecule has 2 saturated heterocycles. The molecule has 1 spiro atoms. The molecule has 4 rings (SSSR count). The standard InChI is InChI=1S/C28H36N2O8/c1-2-29-27(33)30-25(15-22-11-7-13-35-22)26(32)36-19-23-10-6-12-28(37-23)16-21(31)14-24(38-28)18-34-17-20-8-4-3-5-9-20/h3-5,7-9,11,13,23-25H,2,6,10,12,14-19H2,1H3,(H2,29,30,33)/t23-,24+,25+,28+/m1/s1. The summed E-state index contributed by atoms with van der Waals surface area (Å²) < 4.78 is 29.2. The van der Waals surface area contributed by atoms with Crippen molar-refractivity contribution >= 4 is 17.8 Å². The molecule has 38 heavy (non-hydrogen) atoms. The lowest BCUT2D eigenvalue weighted by Crippen LogP contribution is -2.53. The molecule has 3 heterocycles. The number of carbonyl (C=O) groups excluding carboxylic acids is 3. The van der Waals surface area contributed by atoms with E-state index in [4.69, 9.17) is 23.4 Å². The predicted molar refractivity (Wildman–Crippen MR) is 136 cm³/mol. The number of urea groups is 1. The second-order valence-electron chi connectivity index (χ2n) is 9.67. The van der Waals surface area contributed by atoms with E-state index in [2.05, 4.69) is 10.6 Å². The molecule has 1 aromatic heterocycles. The number of Topliss-reactive ketones (excluding diaryl/α,β-unsaturated/α-hetero) is 1. The van der Waals surface area contributed by atoms with Crippen molar-refractivity contribution in [2.75, 3.05) is 19.8 Å². The summed E-state index contributed by atoms with van der Waals surface area (Å²) in [5, 5.41) is 5.25. The number of carbonyl (C=O) groups is 3. The van der Waals surface area contributed by atoms with Crippen LogP contribution >= 0.6 is 0 Å². The number of nitrogens with one attached hydrogen (secondary N) is 2. The first-order chi connectivity index (χ1) is 18.4. The molecule has 0 unspecified atom stereocenters. The van der Waals surface area contributed by atoms with Crippen molar-refractivity contribution in [2.45, 2.75) is 76.1 Å². The van der Waals surface area contributed by atoms with Crippen molar-refractivity contribution in [2.24, 2.45) is 0 Å². The van der Waals surface area contributed by atoms with Gasteiger partial charge in [-0.1, -0.05) is 30.3 Å². The maximum Gasteiger partial charge on any atom is 0.329 e. The van der Waals surface area contributed by atoms with Crippen LogP contribution in [0.15, 0.2) is 53.1 Å². The zero-order valence-electron chi connectivity index (χ0n) is 21.7. The van der Waals surface area contributed by atoms with Crippen LogP contribution in [-0.2, 0) is 41.6 Å². The van der Waals surface area contributed by atoms with Crippen LogP contribution in [0, 0.1) is 0 Å². The summed E-state index contributed by atoms with van der Waals surface area (Å²) in [6.45, 7) is 2.91. The van der Waals surface area contributed by atoms with Gasteiger partial charge in [0.05, 0.1) is 38.1 Å². The van der Waals surface area contributed by atoms with Gasteiger partial charge < -0.3 is 34.0 Å². The van der Waals surface area contributed by atoms with Crippen molar-refractivity contribution in [3.63, 3.8) is 0 Å². The van der Waals surface area contributed by atoms with Crippen molar-refractivity contribution in [1.29, 1.82) is 0 Å². The van der Waals surface area contributed by atoms with Gasteiger partial charge in [0, 0.05) is 25.8 Å². The molecular formula is C28H36N2O8. The molecule has 0 saturated carbocycles. The first-order valence-electron chi connectivity index (χ1n) is 13.2. The fourth-order valence-electron chi connectivity index (χ4n) is 4.81. The molecular weight excluding hydrogens is 492 g/mol. The van der Waals surface area contributed by atoms with Crippen LogP contribution < -0.4 is 10.6 Å². The Bertz CT molecular complexity index is 1040. The summed E-state index contributed by atoms with van der Waals surface area (Å²) in [4.78, 5) is 37.6. The van der Waals surface area contributed by atoms with E-state index in [1.807, 2.05) is 30.3 Å². The van der Waals surface area contributed by atoms with Crippen LogP contribution in [0.5, 0.6) is 0 Å². The summed E-state index contributed by atoms with van der Waals surface area (Å²) in [5.74, 6) is -1.03. The van der Waals surface area contributed by atoms with Gasteiger partial charge in [0.2, 0.25) is 0 Å². The van der Waals surface area contributed by atoms with E-state index >= 15 is 0 Å². The number of ketones is 1. The Morgan fingerprint density at radius 3 is 2.68 bits per heavy atom. The molecule has 2 aliphatic rings. The summed E-state index contributed by atoms with van der Waals surface area (Å²) in [5.41, 5.74) is 1.05. The minimum atomic E-state index is -1.04. The lowest BCUT2D eigenvalue weighted by molar-refractivity contribution is -0.313. The smallest absolute Gasteiger partial charge is 0.329 e. The van der Waals surface area contributed by atoms with Crippen molar-refractivity contribution < 1.29 is 37.7 Å². The Labute approximate surface area is 222 Å². The van der Waals surface area contributed by atoms with Crippen molar-refractivity contribution in [1.82, 2.24) is 10.6 Å². The van der Waals surface area contributed by atoms with Gasteiger partial charge in [0.1, 0.15) is 24.2 Å². The third-order valence-corrected chi connectivity index (χ3v) is 6.51. The molecule has 10 heteroatoms. The maximum atomic E-state index is 12.9. The number of amides is 2. The maximum absolute atomic E-state index is 12.9. The van der Waals surface area contributed by atoms with Gasteiger partial charge in [0.15, 0.2) is 5.79 Å². The number of hydrogen-bond acceptors (Lipinski definition) is 8. The highest BCUT2D eigenvalue weighted by atomic mass is 16.7.